The van der Waals surface area contributed by atoms with E-state index in [1.165, 1.54) is 29.5 Å². The number of aromatic nitrogens is 2. The van der Waals surface area contributed by atoms with Crippen LogP contribution in [0.1, 0.15) is 16.1 Å². The van der Waals surface area contributed by atoms with Crippen molar-refractivity contribution in [1.82, 2.24) is 10.1 Å². The zero-order chi connectivity index (χ0) is 23.6. The van der Waals surface area contributed by atoms with E-state index in [9.17, 15) is 22.8 Å². The lowest BCUT2D eigenvalue weighted by Crippen LogP contribution is -2.21. The molecule has 0 spiro atoms. The van der Waals surface area contributed by atoms with Gasteiger partial charge in [-0.05, 0) is 48.7 Å². The number of fused-ring (bicyclic) bond motifs is 1. The van der Waals surface area contributed by atoms with Gasteiger partial charge in [-0.15, -0.1) is 24.5 Å². The molecule has 0 aliphatic heterocycles. The number of carbonyl (C=O) groups is 2. The molecule has 0 radical (unpaired) electrons. The maximum atomic E-state index is 12.7. The van der Waals surface area contributed by atoms with Gasteiger partial charge in [-0.3, -0.25) is 4.79 Å². The number of hydrogen-bond acceptors (Lipinski definition) is 8. The number of halogens is 3. The molecule has 1 amide bonds. The summed E-state index contributed by atoms with van der Waals surface area (Å²) in [6.45, 7) is 1.02. The Kier molecular flexibility index (Phi) is 6.01. The number of aryl methyl sites for hydroxylation is 1. The van der Waals surface area contributed by atoms with Crippen LogP contribution in [0.15, 0.2) is 52.4 Å². The number of ether oxygens (including phenoxy) is 2. The van der Waals surface area contributed by atoms with Crippen LogP contribution in [0.25, 0.3) is 21.7 Å². The molecule has 170 valence electrons. The smallest absolute Gasteiger partial charge is 0.452 e. The Bertz CT molecular complexity index is 1300. The number of hydrogen-bond donors (Lipinski definition) is 1. The van der Waals surface area contributed by atoms with Crippen LogP contribution in [-0.4, -0.2) is 35.0 Å². The molecule has 1 aromatic carbocycles. The van der Waals surface area contributed by atoms with E-state index in [4.69, 9.17) is 9.26 Å². The number of rotatable bonds is 6. The van der Waals surface area contributed by atoms with Crippen molar-refractivity contribution in [3.05, 3.63) is 59.1 Å². The van der Waals surface area contributed by atoms with Crippen molar-refractivity contribution < 1.29 is 36.8 Å². The van der Waals surface area contributed by atoms with E-state index in [-0.39, 0.29) is 17.0 Å². The number of pyridine rings is 1. The number of esters is 1. The van der Waals surface area contributed by atoms with Crippen molar-refractivity contribution in [3.8, 4) is 16.3 Å². The lowest BCUT2D eigenvalue weighted by molar-refractivity contribution is -0.274. The summed E-state index contributed by atoms with van der Waals surface area (Å²) in [6, 6.07) is 9.74. The second-order valence-electron chi connectivity index (χ2n) is 6.68. The largest absolute Gasteiger partial charge is 0.573 e. The van der Waals surface area contributed by atoms with Gasteiger partial charge in [-0.1, -0.05) is 11.2 Å². The molecule has 33 heavy (non-hydrogen) atoms. The Balaban J connectivity index is 1.44. The molecular formula is C21H14F3N3O5S. The Morgan fingerprint density at radius 1 is 1.18 bits per heavy atom. The number of nitrogens with one attached hydrogen (secondary N) is 1. The third-order valence-corrected chi connectivity index (χ3v) is 5.21. The molecule has 0 saturated heterocycles. The number of alkyl halides is 3. The van der Waals surface area contributed by atoms with Crippen molar-refractivity contribution in [1.29, 1.82) is 0 Å². The zero-order valence-corrected chi connectivity index (χ0v) is 17.6. The van der Waals surface area contributed by atoms with E-state index in [1.54, 1.807) is 6.92 Å². The highest BCUT2D eigenvalue weighted by atomic mass is 32.1. The van der Waals surface area contributed by atoms with E-state index in [0.29, 0.717) is 16.8 Å². The van der Waals surface area contributed by atoms with Gasteiger partial charge in [0.2, 0.25) is 0 Å². The van der Waals surface area contributed by atoms with E-state index in [1.807, 2.05) is 17.5 Å². The van der Waals surface area contributed by atoms with Gasteiger partial charge in [-0.25, -0.2) is 9.78 Å². The number of anilines is 1. The predicted molar refractivity (Wildman–Crippen MR) is 112 cm³/mol. The molecule has 1 N–H and O–H groups in total. The van der Waals surface area contributed by atoms with Gasteiger partial charge in [-0.2, -0.15) is 0 Å². The Morgan fingerprint density at radius 2 is 1.94 bits per heavy atom. The fraction of sp³-hybridized carbons (Fsp3) is 0.143. The molecule has 0 aliphatic carbocycles. The minimum absolute atomic E-state index is 0.142. The summed E-state index contributed by atoms with van der Waals surface area (Å²) in [7, 11) is 0. The van der Waals surface area contributed by atoms with Crippen LogP contribution in [0.3, 0.4) is 0 Å². The first kappa shape index (κ1) is 22.3. The molecule has 0 unspecified atom stereocenters. The second kappa shape index (κ2) is 8.90. The lowest BCUT2D eigenvalue weighted by atomic mass is 10.1. The molecule has 3 heterocycles. The van der Waals surface area contributed by atoms with Crippen LogP contribution >= 0.6 is 11.3 Å². The number of amides is 1. The molecule has 3 aromatic heterocycles. The summed E-state index contributed by atoms with van der Waals surface area (Å²) in [4.78, 5) is 30.1. The van der Waals surface area contributed by atoms with Crippen molar-refractivity contribution in [2.45, 2.75) is 13.3 Å². The van der Waals surface area contributed by atoms with Crippen LogP contribution < -0.4 is 10.1 Å². The minimum atomic E-state index is -4.82. The summed E-state index contributed by atoms with van der Waals surface area (Å²) in [5.74, 6) is -1.89. The van der Waals surface area contributed by atoms with Crippen molar-refractivity contribution in [2.75, 3.05) is 11.9 Å². The van der Waals surface area contributed by atoms with Crippen LogP contribution in [0.2, 0.25) is 0 Å². The zero-order valence-electron chi connectivity index (χ0n) is 16.8. The SMILES string of the molecule is Cc1noc2nc(-c3cccs3)cc(C(=O)OCC(=O)Nc3ccc(OC(F)(F)F)cc3)c12. The van der Waals surface area contributed by atoms with Crippen molar-refractivity contribution in [2.24, 2.45) is 0 Å². The molecule has 4 rings (SSSR count). The fourth-order valence-electron chi connectivity index (χ4n) is 2.95. The second-order valence-corrected chi connectivity index (χ2v) is 7.62. The first-order chi connectivity index (χ1) is 15.7. The molecule has 0 fully saturated rings. The number of thiophene rings is 1. The average molecular weight is 477 g/mol. The summed E-state index contributed by atoms with van der Waals surface area (Å²) < 4.78 is 50.8. The third kappa shape index (κ3) is 5.29. The third-order valence-electron chi connectivity index (χ3n) is 4.32. The summed E-state index contributed by atoms with van der Waals surface area (Å²) >= 11 is 1.42. The van der Waals surface area contributed by atoms with E-state index < -0.39 is 30.6 Å². The average Bonchev–Trinajstić information content (AvgIpc) is 3.42. The fourth-order valence-corrected chi connectivity index (χ4v) is 3.64. The van der Waals surface area contributed by atoms with Crippen LogP contribution in [0.5, 0.6) is 5.75 Å². The maximum Gasteiger partial charge on any atom is 0.573 e. The molecule has 12 heteroatoms. The number of benzene rings is 1. The number of carbonyl (C=O) groups excluding carboxylic acids is 2. The van der Waals surface area contributed by atoms with Gasteiger partial charge in [0, 0.05) is 5.69 Å². The predicted octanol–water partition coefficient (Wildman–Crippen LogP) is 4.95. The molecule has 4 aromatic rings. The van der Waals surface area contributed by atoms with Gasteiger partial charge in [0.25, 0.3) is 11.6 Å². The van der Waals surface area contributed by atoms with Crippen LogP contribution in [0.4, 0.5) is 18.9 Å². The maximum absolute atomic E-state index is 12.7. The quantitative estimate of drug-likeness (QED) is 0.392. The van der Waals surface area contributed by atoms with Crippen molar-refractivity contribution in [3.63, 3.8) is 0 Å². The number of nitrogens with zero attached hydrogens (tertiary/aromatic N) is 2. The van der Waals surface area contributed by atoms with Gasteiger partial charge in [0.05, 0.1) is 27.2 Å². The first-order valence-corrected chi connectivity index (χ1v) is 10.2. The minimum Gasteiger partial charge on any atom is -0.452 e. The standard InChI is InChI=1S/C21H14F3N3O5S/c1-11-18-14(9-15(16-3-2-8-33-16)26-19(18)32-27-11)20(29)30-10-17(28)25-12-4-6-13(7-5-12)31-21(22,23)24/h2-9H,10H2,1H3,(H,25,28). The summed E-state index contributed by atoms with van der Waals surface area (Å²) in [5, 5.41) is 8.50. The van der Waals surface area contributed by atoms with Gasteiger partial charge in [0.15, 0.2) is 6.61 Å². The molecular weight excluding hydrogens is 463 g/mol. The summed E-state index contributed by atoms with van der Waals surface area (Å²) in [5.41, 5.74) is 1.44. The van der Waals surface area contributed by atoms with Crippen molar-refractivity contribution >= 4 is 40.0 Å². The Labute approximate surface area is 187 Å². The highest BCUT2D eigenvalue weighted by Crippen LogP contribution is 2.30. The molecule has 0 bridgehead atoms. The van der Waals surface area contributed by atoms with Crippen LogP contribution in [0, 0.1) is 6.92 Å². The molecule has 0 saturated carbocycles. The molecule has 0 aliphatic rings. The molecule has 8 nitrogen and oxygen atoms in total. The summed E-state index contributed by atoms with van der Waals surface area (Å²) in [6.07, 6.45) is -4.82. The monoisotopic (exact) mass is 477 g/mol. The lowest BCUT2D eigenvalue weighted by Gasteiger charge is -2.10. The van der Waals surface area contributed by atoms with Gasteiger partial charge in [0.1, 0.15) is 5.75 Å². The molecule has 0 atom stereocenters. The highest BCUT2D eigenvalue weighted by Gasteiger charge is 2.31. The Hall–Kier alpha value is -3.93. The van der Waals surface area contributed by atoms with Gasteiger partial charge >= 0.3 is 12.3 Å². The van der Waals surface area contributed by atoms with E-state index in [2.05, 4.69) is 20.2 Å². The normalized spacial score (nSPS) is 11.4. The van der Waals surface area contributed by atoms with Gasteiger partial charge < -0.3 is 19.3 Å². The first-order valence-electron chi connectivity index (χ1n) is 9.33. The van der Waals surface area contributed by atoms with Crippen LogP contribution in [-0.2, 0) is 9.53 Å². The Morgan fingerprint density at radius 3 is 2.61 bits per heavy atom. The van der Waals surface area contributed by atoms with E-state index >= 15 is 0 Å². The highest BCUT2D eigenvalue weighted by molar-refractivity contribution is 7.13. The van der Waals surface area contributed by atoms with E-state index in [0.717, 1.165) is 17.0 Å². The topological polar surface area (TPSA) is 104 Å².